The first-order chi connectivity index (χ1) is 10.6. The SMILES string of the molecule is CCOC(=O)/C(C#N)=C(/N)C1C(=O)OCC1c1ccccc1. The highest BCUT2D eigenvalue weighted by atomic mass is 16.5. The van der Waals surface area contributed by atoms with Crippen molar-refractivity contribution in [1.82, 2.24) is 0 Å². The molecule has 2 N–H and O–H groups in total. The van der Waals surface area contributed by atoms with Crippen LogP contribution in [0.15, 0.2) is 41.6 Å². The highest BCUT2D eigenvalue weighted by Gasteiger charge is 2.41. The first-order valence-corrected chi connectivity index (χ1v) is 6.88. The molecule has 0 amide bonds. The Morgan fingerprint density at radius 3 is 2.73 bits per heavy atom. The Morgan fingerprint density at radius 2 is 2.14 bits per heavy atom. The lowest BCUT2D eigenvalue weighted by atomic mass is 9.85. The van der Waals surface area contributed by atoms with E-state index < -0.39 is 17.9 Å². The minimum Gasteiger partial charge on any atom is -0.464 e. The van der Waals surface area contributed by atoms with E-state index in [0.717, 1.165) is 5.56 Å². The number of nitrogens with zero attached hydrogens (tertiary/aromatic N) is 1. The minimum atomic E-state index is -0.860. The van der Waals surface area contributed by atoms with Gasteiger partial charge in [0.2, 0.25) is 0 Å². The Morgan fingerprint density at radius 1 is 1.45 bits per heavy atom. The van der Waals surface area contributed by atoms with Crippen LogP contribution in [0.1, 0.15) is 18.4 Å². The van der Waals surface area contributed by atoms with Gasteiger partial charge in [-0.05, 0) is 12.5 Å². The zero-order valence-electron chi connectivity index (χ0n) is 12.1. The van der Waals surface area contributed by atoms with E-state index in [1.807, 2.05) is 30.3 Å². The summed E-state index contributed by atoms with van der Waals surface area (Å²) in [7, 11) is 0. The van der Waals surface area contributed by atoms with Crippen LogP contribution < -0.4 is 5.73 Å². The number of esters is 2. The molecule has 0 aromatic heterocycles. The van der Waals surface area contributed by atoms with E-state index in [1.165, 1.54) is 0 Å². The standard InChI is InChI=1S/C16H16N2O4/c1-2-21-15(19)11(8-17)14(18)13-12(9-22-16(13)20)10-6-4-3-5-7-10/h3-7,12-13H,2,9,18H2,1H3/b14-11+. The molecule has 0 aliphatic carbocycles. The number of nitriles is 1. The lowest BCUT2D eigenvalue weighted by Gasteiger charge is -2.17. The molecule has 1 fully saturated rings. The van der Waals surface area contributed by atoms with Crippen molar-refractivity contribution in [2.24, 2.45) is 11.7 Å². The average Bonchev–Trinajstić information content (AvgIpc) is 2.90. The summed E-state index contributed by atoms with van der Waals surface area (Å²) in [5.41, 5.74) is 6.36. The Bertz CT molecular complexity index is 646. The summed E-state index contributed by atoms with van der Waals surface area (Å²) in [6.07, 6.45) is 0. The van der Waals surface area contributed by atoms with E-state index >= 15 is 0 Å². The van der Waals surface area contributed by atoms with Crippen molar-refractivity contribution in [2.75, 3.05) is 13.2 Å². The molecule has 0 radical (unpaired) electrons. The smallest absolute Gasteiger partial charge is 0.350 e. The lowest BCUT2D eigenvalue weighted by Crippen LogP contribution is -2.26. The Labute approximate surface area is 128 Å². The number of hydrogen-bond donors (Lipinski definition) is 1. The van der Waals surface area contributed by atoms with E-state index in [0.29, 0.717) is 0 Å². The molecule has 1 aliphatic rings. The van der Waals surface area contributed by atoms with Crippen LogP contribution in [0.3, 0.4) is 0 Å². The van der Waals surface area contributed by atoms with E-state index in [4.69, 9.17) is 20.5 Å². The topological polar surface area (TPSA) is 102 Å². The number of cyclic esters (lactones) is 1. The summed E-state index contributed by atoms with van der Waals surface area (Å²) in [4.78, 5) is 23.8. The third-order valence-electron chi connectivity index (χ3n) is 3.50. The molecule has 1 heterocycles. The molecule has 1 aromatic rings. The molecule has 1 saturated heterocycles. The zero-order valence-corrected chi connectivity index (χ0v) is 12.1. The van der Waals surface area contributed by atoms with Gasteiger partial charge in [-0.3, -0.25) is 4.79 Å². The highest BCUT2D eigenvalue weighted by Crippen LogP contribution is 2.36. The molecule has 1 aromatic carbocycles. The molecular formula is C16H16N2O4. The van der Waals surface area contributed by atoms with Gasteiger partial charge in [-0.25, -0.2) is 4.79 Å². The van der Waals surface area contributed by atoms with Gasteiger partial charge in [0.05, 0.1) is 13.2 Å². The second-order valence-electron chi connectivity index (χ2n) is 4.79. The molecule has 2 unspecified atom stereocenters. The zero-order chi connectivity index (χ0) is 16.1. The Kier molecular flexibility index (Phi) is 4.79. The van der Waals surface area contributed by atoms with Crippen LogP contribution in [0.2, 0.25) is 0 Å². The largest absolute Gasteiger partial charge is 0.464 e. The van der Waals surface area contributed by atoms with Crippen LogP contribution in [-0.4, -0.2) is 25.2 Å². The van der Waals surface area contributed by atoms with Crippen molar-refractivity contribution in [3.05, 3.63) is 47.2 Å². The van der Waals surface area contributed by atoms with Gasteiger partial charge < -0.3 is 15.2 Å². The molecule has 2 rings (SSSR count). The maximum Gasteiger partial charge on any atom is 0.350 e. The quantitative estimate of drug-likeness (QED) is 0.510. The molecule has 22 heavy (non-hydrogen) atoms. The highest BCUT2D eigenvalue weighted by molar-refractivity contribution is 5.95. The summed E-state index contributed by atoms with van der Waals surface area (Å²) in [6.45, 7) is 1.91. The van der Waals surface area contributed by atoms with E-state index in [9.17, 15) is 9.59 Å². The van der Waals surface area contributed by atoms with Crippen molar-refractivity contribution < 1.29 is 19.1 Å². The van der Waals surface area contributed by atoms with Crippen molar-refractivity contribution in [2.45, 2.75) is 12.8 Å². The molecule has 1 aliphatic heterocycles. The maximum atomic E-state index is 12.0. The van der Waals surface area contributed by atoms with Crippen LogP contribution in [0.5, 0.6) is 0 Å². The summed E-state index contributed by atoms with van der Waals surface area (Å²) in [6, 6.07) is 11.0. The number of benzene rings is 1. The van der Waals surface area contributed by atoms with Crippen LogP contribution >= 0.6 is 0 Å². The predicted molar refractivity (Wildman–Crippen MR) is 77.1 cm³/mol. The first-order valence-electron chi connectivity index (χ1n) is 6.88. The van der Waals surface area contributed by atoms with Gasteiger partial charge in [0.25, 0.3) is 0 Å². The summed E-state index contributed by atoms with van der Waals surface area (Å²) in [5.74, 6) is -2.55. The van der Waals surface area contributed by atoms with E-state index in [-0.39, 0.29) is 30.4 Å². The molecule has 0 saturated carbocycles. The van der Waals surface area contributed by atoms with E-state index in [1.54, 1.807) is 13.0 Å². The van der Waals surface area contributed by atoms with Crippen molar-refractivity contribution in [3.8, 4) is 6.07 Å². The number of hydrogen-bond acceptors (Lipinski definition) is 6. The number of carbonyl (C=O) groups is 2. The fourth-order valence-corrected chi connectivity index (χ4v) is 2.44. The van der Waals surface area contributed by atoms with Gasteiger partial charge in [0.15, 0.2) is 5.57 Å². The van der Waals surface area contributed by atoms with Crippen LogP contribution in [0.25, 0.3) is 0 Å². The van der Waals surface area contributed by atoms with Crippen LogP contribution in [0, 0.1) is 17.2 Å². The molecule has 6 nitrogen and oxygen atoms in total. The van der Waals surface area contributed by atoms with Crippen molar-refractivity contribution >= 4 is 11.9 Å². The average molecular weight is 300 g/mol. The molecule has 2 atom stereocenters. The Hall–Kier alpha value is -2.81. The number of ether oxygens (including phenoxy) is 2. The van der Waals surface area contributed by atoms with Gasteiger partial charge in [-0.1, -0.05) is 30.3 Å². The van der Waals surface area contributed by atoms with Crippen LogP contribution in [0.4, 0.5) is 0 Å². The monoisotopic (exact) mass is 300 g/mol. The molecule has 6 heteroatoms. The normalized spacial score (nSPS) is 21.5. The summed E-state index contributed by atoms with van der Waals surface area (Å²) in [5, 5.41) is 9.16. The lowest BCUT2D eigenvalue weighted by molar-refractivity contribution is -0.140. The minimum absolute atomic E-state index is 0.0997. The molecular weight excluding hydrogens is 284 g/mol. The molecule has 114 valence electrons. The van der Waals surface area contributed by atoms with Gasteiger partial charge in [-0.2, -0.15) is 5.26 Å². The van der Waals surface area contributed by atoms with Gasteiger partial charge >= 0.3 is 11.9 Å². The van der Waals surface area contributed by atoms with Gasteiger partial charge in [0.1, 0.15) is 12.0 Å². The maximum absolute atomic E-state index is 12.0. The van der Waals surface area contributed by atoms with Gasteiger partial charge in [-0.15, -0.1) is 0 Å². The van der Waals surface area contributed by atoms with Crippen molar-refractivity contribution in [3.63, 3.8) is 0 Å². The van der Waals surface area contributed by atoms with Crippen molar-refractivity contribution in [1.29, 1.82) is 5.26 Å². The van der Waals surface area contributed by atoms with Gasteiger partial charge in [0, 0.05) is 11.6 Å². The predicted octanol–water partition coefficient (Wildman–Crippen LogP) is 1.24. The third-order valence-corrected chi connectivity index (χ3v) is 3.50. The van der Waals surface area contributed by atoms with Crippen LogP contribution in [-0.2, 0) is 19.1 Å². The molecule has 0 spiro atoms. The Balaban J connectivity index is 2.40. The number of nitrogens with two attached hydrogens (primary N) is 1. The first kappa shape index (κ1) is 15.6. The fourth-order valence-electron chi connectivity index (χ4n) is 2.44. The summed E-state index contributed by atoms with van der Waals surface area (Å²) >= 11 is 0. The fraction of sp³-hybridized carbons (Fsp3) is 0.312. The van der Waals surface area contributed by atoms with E-state index in [2.05, 4.69) is 0 Å². The summed E-state index contributed by atoms with van der Waals surface area (Å²) < 4.78 is 9.87. The molecule has 0 bridgehead atoms. The number of carbonyl (C=O) groups excluding carboxylic acids is 2. The third kappa shape index (κ3) is 2.93. The second kappa shape index (κ2) is 6.76. The second-order valence-corrected chi connectivity index (χ2v) is 4.79. The number of rotatable bonds is 4.